The molecule has 1 heterocycles. The van der Waals surface area contributed by atoms with Crippen LogP contribution in [0.15, 0.2) is 69.0 Å². The number of hydrogen-bond donors (Lipinski definition) is 2. The van der Waals surface area contributed by atoms with Crippen molar-refractivity contribution >= 4 is 39.2 Å². The molecule has 28 heavy (non-hydrogen) atoms. The largest absolute Gasteiger partial charge is 0.455 e. The lowest BCUT2D eigenvalue weighted by atomic mass is 10.1. The first-order chi connectivity index (χ1) is 13.2. The number of sulfonamides is 1. The summed E-state index contributed by atoms with van der Waals surface area (Å²) in [5.41, 5.74) is 3.54. The van der Waals surface area contributed by atoms with Crippen LogP contribution in [-0.4, -0.2) is 19.6 Å². The molecule has 3 aromatic rings. The van der Waals surface area contributed by atoms with Gasteiger partial charge in [0.15, 0.2) is 0 Å². The number of nitrogens with zero attached hydrogens (tertiary/aromatic N) is 2. The van der Waals surface area contributed by atoms with Crippen molar-refractivity contribution in [3.63, 3.8) is 0 Å². The summed E-state index contributed by atoms with van der Waals surface area (Å²) in [5, 5.41) is 20.3. The first-order valence-corrected chi connectivity index (χ1v) is 9.62. The standard InChI is InChI=1S/C17H13ClN4O5S/c18-16-7-3-12(22(23)24)9-15(16)17-8-4-13(27-17)10-20-21-11-1-5-14(6-2-11)28(19,25)26/h1-10,21H,(H2,19,25,26)/b20-10+. The van der Waals surface area contributed by atoms with Crippen molar-refractivity contribution in [3.8, 4) is 11.3 Å². The van der Waals surface area contributed by atoms with Gasteiger partial charge in [0.1, 0.15) is 11.5 Å². The number of primary sulfonamides is 1. The minimum Gasteiger partial charge on any atom is -0.455 e. The highest BCUT2D eigenvalue weighted by atomic mass is 35.5. The SMILES string of the molecule is NS(=O)(=O)c1ccc(N/N=C/c2ccc(-c3cc([N+](=O)[O-])ccc3Cl)o2)cc1. The highest BCUT2D eigenvalue weighted by Gasteiger charge is 2.14. The van der Waals surface area contributed by atoms with E-state index in [0.717, 1.165) is 0 Å². The Bertz CT molecular complexity index is 1160. The number of hydrogen-bond acceptors (Lipinski definition) is 7. The molecule has 11 heteroatoms. The zero-order chi connectivity index (χ0) is 20.3. The monoisotopic (exact) mass is 420 g/mol. The third kappa shape index (κ3) is 4.55. The summed E-state index contributed by atoms with van der Waals surface area (Å²) in [6.45, 7) is 0. The van der Waals surface area contributed by atoms with Gasteiger partial charge < -0.3 is 4.42 Å². The molecule has 0 saturated carbocycles. The number of furan rings is 1. The van der Waals surface area contributed by atoms with E-state index in [2.05, 4.69) is 10.5 Å². The van der Waals surface area contributed by atoms with Crippen molar-refractivity contribution in [2.45, 2.75) is 4.90 Å². The Kier molecular flexibility index (Phi) is 5.45. The van der Waals surface area contributed by atoms with Gasteiger partial charge in [-0.3, -0.25) is 15.5 Å². The van der Waals surface area contributed by atoms with E-state index in [0.29, 0.717) is 27.8 Å². The number of benzene rings is 2. The molecular formula is C17H13ClN4O5S. The highest BCUT2D eigenvalue weighted by molar-refractivity contribution is 7.89. The van der Waals surface area contributed by atoms with Crippen molar-refractivity contribution in [2.75, 3.05) is 5.43 Å². The molecule has 3 rings (SSSR count). The molecule has 0 aliphatic rings. The number of halogens is 1. The number of hydrazone groups is 1. The maximum Gasteiger partial charge on any atom is 0.270 e. The van der Waals surface area contributed by atoms with Gasteiger partial charge in [-0.1, -0.05) is 11.6 Å². The molecule has 144 valence electrons. The zero-order valence-corrected chi connectivity index (χ0v) is 15.6. The van der Waals surface area contributed by atoms with Crippen LogP contribution in [0.3, 0.4) is 0 Å². The van der Waals surface area contributed by atoms with Crippen molar-refractivity contribution in [1.29, 1.82) is 0 Å². The lowest BCUT2D eigenvalue weighted by Crippen LogP contribution is -2.11. The van der Waals surface area contributed by atoms with Crippen LogP contribution in [0.1, 0.15) is 5.76 Å². The topological polar surface area (TPSA) is 141 Å². The van der Waals surface area contributed by atoms with E-state index in [9.17, 15) is 18.5 Å². The summed E-state index contributed by atoms with van der Waals surface area (Å²) in [6, 6.07) is 13.0. The van der Waals surface area contributed by atoms with E-state index in [1.54, 1.807) is 12.1 Å². The normalized spacial score (nSPS) is 11.6. The number of nitrogens with one attached hydrogen (secondary N) is 1. The van der Waals surface area contributed by atoms with Crippen LogP contribution in [-0.2, 0) is 10.0 Å². The van der Waals surface area contributed by atoms with E-state index in [1.807, 2.05) is 0 Å². The molecule has 0 fully saturated rings. The van der Waals surface area contributed by atoms with Crippen molar-refractivity contribution in [3.05, 3.63) is 75.5 Å². The first kappa shape index (κ1) is 19.5. The van der Waals surface area contributed by atoms with E-state index >= 15 is 0 Å². The Morgan fingerprint density at radius 2 is 1.86 bits per heavy atom. The molecule has 0 amide bonds. The van der Waals surface area contributed by atoms with E-state index in [1.165, 1.54) is 48.7 Å². The number of rotatable bonds is 6. The Hall–Kier alpha value is -3.21. The quantitative estimate of drug-likeness (QED) is 0.354. The summed E-state index contributed by atoms with van der Waals surface area (Å²) >= 11 is 6.09. The number of nitro groups is 1. The lowest BCUT2D eigenvalue weighted by molar-refractivity contribution is -0.384. The molecule has 0 aliphatic carbocycles. The van der Waals surface area contributed by atoms with Gasteiger partial charge in [0.2, 0.25) is 10.0 Å². The fraction of sp³-hybridized carbons (Fsp3) is 0. The lowest BCUT2D eigenvalue weighted by Gasteiger charge is -2.02. The van der Waals surface area contributed by atoms with Crippen molar-refractivity contribution < 1.29 is 17.8 Å². The van der Waals surface area contributed by atoms with E-state index < -0.39 is 14.9 Å². The molecule has 0 atom stereocenters. The molecule has 0 saturated heterocycles. The van der Waals surface area contributed by atoms with Gasteiger partial charge in [0.25, 0.3) is 5.69 Å². The average molecular weight is 421 g/mol. The van der Waals surface area contributed by atoms with Crippen LogP contribution >= 0.6 is 11.6 Å². The molecular weight excluding hydrogens is 408 g/mol. The maximum absolute atomic E-state index is 11.2. The molecule has 3 N–H and O–H groups in total. The van der Waals surface area contributed by atoms with Gasteiger partial charge in [-0.25, -0.2) is 13.6 Å². The fourth-order valence-electron chi connectivity index (χ4n) is 2.27. The average Bonchev–Trinajstić information content (AvgIpc) is 3.10. The maximum atomic E-state index is 11.2. The Labute approximate surface area is 164 Å². The van der Waals surface area contributed by atoms with E-state index in [4.69, 9.17) is 21.2 Å². The van der Waals surface area contributed by atoms with Crippen LogP contribution in [0.4, 0.5) is 11.4 Å². The van der Waals surface area contributed by atoms with Gasteiger partial charge in [-0.15, -0.1) is 0 Å². The highest BCUT2D eigenvalue weighted by Crippen LogP contribution is 2.32. The molecule has 1 aromatic heterocycles. The van der Waals surface area contributed by atoms with Gasteiger partial charge in [-0.2, -0.15) is 5.10 Å². The van der Waals surface area contributed by atoms with Crippen LogP contribution in [0.5, 0.6) is 0 Å². The smallest absolute Gasteiger partial charge is 0.270 e. The Morgan fingerprint density at radius 3 is 2.50 bits per heavy atom. The third-order valence-electron chi connectivity index (χ3n) is 3.62. The number of nitrogens with two attached hydrogens (primary N) is 1. The molecule has 0 aliphatic heterocycles. The second-order valence-corrected chi connectivity index (χ2v) is 7.53. The minimum absolute atomic E-state index is 0.00783. The van der Waals surface area contributed by atoms with Crippen molar-refractivity contribution in [2.24, 2.45) is 10.2 Å². The summed E-state index contributed by atoms with van der Waals surface area (Å²) in [5.74, 6) is 0.735. The molecule has 0 unspecified atom stereocenters. The Balaban J connectivity index is 1.73. The van der Waals surface area contributed by atoms with Crippen LogP contribution < -0.4 is 10.6 Å². The predicted molar refractivity (Wildman–Crippen MR) is 105 cm³/mol. The molecule has 0 spiro atoms. The van der Waals surface area contributed by atoms with Gasteiger partial charge >= 0.3 is 0 Å². The van der Waals surface area contributed by atoms with Crippen molar-refractivity contribution in [1.82, 2.24) is 0 Å². The summed E-state index contributed by atoms with van der Waals surface area (Å²) < 4.78 is 28.0. The summed E-state index contributed by atoms with van der Waals surface area (Å²) in [4.78, 5) is 10.4. The van der Waals surface area contributed by atoms with Crippen LogP contribution in [0, 0.1) is 10.1 Å². The molecule has 0 radical (unpaired) electrons. The summed E-state index contributed by atoms with van der Waals surface area (Å²) in [6.07, 6.45) is 1.39. The fourth-order valence-corrected chi connectivity index (χ4v) is 3.00. The Morgan fingerprint density at radius 1 is 1.14 bits per heavy atom. The van der Waals surface area contributed by atoms with E-state index in [-0.39, 0.29) is 10.6 Å². The number of anilines is 1. The van der Waals surface area contributed by atoms with Gasteiger partial charge in [0, 0.05) is 17.7 Å². The molecule has 9 nitrogen and oxygen atoms in total. The predicted octanol–water partition coefficient (Wildman–Crippen LogP) is 3.60. The van der Waals surface area contributed by atoms with Gasteiger partial charge in [0.05, 0.1) is 26.7 Å². The minimum atomic E-state index is -3.75. The third-order valence-corrected chi connectivity index (χ3v) is 4.88. The molecule has 2 aromatic carbocycles. The van der Waals surface area contributed by atoms with Crippen LogP contribution in [0.25, 0.3) is 11.3 Å². The summed E-state index contributed by atoms with van der Waals surface area (Å²) in [7, 11) is -3.75. The molecule has 0 bridgehead atoms. The zero-order valence-electron chi connectivity index (χ0n) is 14.1. The number of non-ortho nitro benzene ring substituents is 1. The number of nitro benzene ring substituents is 1. The first-order valence-electron chi connectivity index (χ1n) is 7.70. The van der Waals surface area contributed by atoms with Gasteiger partial charge in [-0.05, 0) is 42.5 Å². The second kappa shape index (κ2) is 7.80. The van der Waals surface area contributed by atoms with Crippen LogP contribution in [0.2, 0.25) is 5.02 Å². The second-order valence-electron chi connectivity index (χ2n) is 5.56.